The number of carbonyl (C=O) groups is 1. The van der Waals surface area contributed by atoms with E-state index in [4.69, 9.17) is 0 Å². The highest BCUT2D eigenvalue weighted by atomic mass is 16.4. The Balaban J connectivity index is 1.67. The van der Waals surface area contributed by atoms with Gasteiger partial charge in [-0.2, -0.15) is 0 Å². The van der Waals surface area contributed by atoms with Crippen molar-refractivity contribution in [1.29, 1.82) is 0 Å². The molecule has 0 saturated heterocycles. The first-order valence-corrected chi connectivity index (χ1v) is 14.0. The lowest BCUT2D eigenvalue weighted by molar-refractivity contribution is -0.146. The van der Waals surface area contributed by atoms with Crippen LogP contribution in [-0.4, -0.2) is 22.3 Å². The highest BCUT2D eigenvalue weighted by Crippen LogP contribution is 2.72. The molecule has 4 aliphatic carbocycles. The van der Waals surface area contributed by atoms with E-state index < -0.39 is 5.97 Å². The van der Waals surface area contributed by atoms with E-state index in [0.717, 1.165) is 64.2 Å². The summed E-state index contributed by atoms with van der Waals surface area (Å²) in [4.78, 5) is 12.5. The van der Waals surface area contributed by atoms with E-state index in [1.54, 1.807) is 11.1 Å². The van der Waals surface area contributed by atoms with Crippen LogP contribution in [0.15, 0.2) is 23.3 Å². The lowest BCUT2D eigenvalue weighted by Crippen LogP contribution is -2.55. The zero-order chi connectivity index (χ0) is 25.3. The normalized spacial score (nSPS) is 42.1. The van der Waals surface area contributed by atoms with Crippen LogP contribution in [0, 0.1) is 45.3 Å². The van der Waals surface area contributed by atoms with Crippen molar-refractivity contribution in [1.82, 2.24) is 0 Å². The molecule has 2 N–H and O–H groups in total. The molecule has 2 saturated carbocycles. The minimum absolute atomic E-state index is 0.0426. The van der Waals surface area contributed by atoms with Crippen molar-refractivity contribution in [3.63, 3.8) is 0 Å². The number of rotatable bonds is 6. The second-order valence-electron chi connectivity index (χ2n) is 14.0. The van der Waals surface area contributed by atoms with Gasteiger partial charge in [-0.05, 0) is 104 Å². The molecule has 0 aromatic carbocycles. The Kier molecular flexibility index (Phi) is 6.49. The molecule has 0 aromatic heterocycles. The first kappa shape index (κ1) is 26.0. The minimum atomic E-state index is -0.606. The van der Waals surface area contributed by atoms with Gasteiger partial charge in [0, 0.05) is 0 Å². The van der Waals surface area contributed by atoms with Gasteiger partial charge >= 0.3 is 5.97 Å². The molecule has 0 bridgehead atoms. The van der Waals surface area contributed by atoms with E-state index >= 15 is 0 Å². The van der Waals surface area contributed by atoms with Crippen LogP contribution in [0.5, 0.6) is 0 Å². The molecule has 0 unspecified atom stereocenters. The Hall–Kier alpha value is -1.09. The van der Waals surface area contributed by atoms with Crippen molar-refractivity contribution in [3.05, 3.63) is 23.3 Å². The average Bonchev–Trinajstić information content (AvgIpc) is 3.02. The van der Waals surface area contributed by atoms with Crippen LogP contribution in [-0.2, 0) is 4.79 Å². The highest BCUT2D eigenvalue weighted by molar-refractivity contribution is 5.70. The zero-order valence-corrected chi connectivity index (χ0v) is 23.0. The summed E-state index contributed by atoms with van der Waals surface area (Å²) < 4.78 is 0. The number of allylic oxidation sites excluding steroid dienone is 3. The van der Waals surface area contributed by atoms with Gasteiger partial charge in [-0.25, -0.2) is 0 Å². The quantitative estimate of drug-likeness (QED) is 0.389. The van der Waals surface area contributed by atoms with E-state index in [1.807, 2.05) is 0 Å². The smallest absolute Gasteiger partial charge is 0.306 e. The molecule has 0 aliphatic heterocycles. The fourth-order valence-corrected chi connectivity index (χ4v) is 9.49. The second kappa shape index (κ2) is 8.49. The fourth-order valence-electron chi connectivity index (χ4n) is 9.49. The van der Waals surface area contributed by atoms with E-state index in [9.17, 15) is 15.0 Å². The largest absolute Gasteiger partial charge is 0.481 e. The Labute approximate surface area is 208 Å². The van der Waals surface area contributed by atoms with Gasteiger partial charge in [0.1, 0.15) is 0 Å². The van der Waals surface area contributed by atoms with E-state index in [0.29, 0.717) is 11.8 Å². The van der Waals surface area contributed by atoms with Crippen molar-refractivity contribution in [2.45, 2.75) is 119 Å². The number of aliphatic hydroxyl groups is 1. The van der Waals surface area contributed by atoms with E-state index in [2.05, 4.69) is 55.0 Å². The number of carboxylic acid groups (broad SMARTS) is 1. The molecular weight excluding hydrogens is 420 g/mol. The molecule has 0 heterocycles. The third-order valence-electron chi connectivity index (χ3n) is 12.2. The van der Waals surface area contributed by atoms with Crippen LogP contribution in [0.1, 0.15) is 113 Å². The second-order valence-corrected chi connectivity index (χ2v) is 14.0. The Morgan fingerprint density at radius 2 is 1.68 bits per heavy atom. The number of aliphatic carboxylic acids is 1. The summed E-state index contributed by atoms with van der Waals surface area (Å²) in [6.07, 6.45) is 9.98. The summed E-state index contributed by atoms with van der Waals surface area (Å²) in [5, 5.41) is 21.1. The molecule has 0 spiro atoms. The number of hydrogen-bond acceptors (Lipinski definition) is 2. The maximum Gasteiger partial charge on any atom is 0.306 e. The summed E-state index contributed by atoms with van der Waals surface area (Å²) >= 11 is 0. The van der Waals surface area contributed by atoms with Crippen molar-refractivity contribution in [3.8, 4) is 0 Å². The number of fused-ring (bicyclic) bond motifs is 4. The SMILES string of the molecule is C=C(CC[C@H](C(=O)O)[C@@H]1CC[C@]2(C)C3=C(CC[C@]12C)[C@]1(C)CC[C@@H](O)C(C)(C)[C@H]1CC3)C(C)C. The van der Waals surface area contributed by atoms with Gasteiger partial charge in [-0.1, -0.05) is 71.8 Å². The molecule has 4 rings (SSSR count). The monoisotopic (exact) mass is 470 g/mol. The summed E-state index contributed by atoms with van der Waals surface area (Å²) in [7, 11) is 0. The van der Waals surface area contributed by atoms with Crippen molar-refractivity contribution < 1.29 is 15.0 Å². The number of carboxylic acids is 1. The molecule has 0 aromatic rings. The molecule has 2 fully saturated rings. The van der Waals surface area contributed by atoms with Crippen LogP contribution < -0.4 is 0 Å². The molecule has 192 valence electrons. The zero-order valence-electron chi connectivity index (χ0n) is 23.0. The minimum Gasteiger partial charge on any atom is -0.481 e. The van der Waals surface area contributed by atoms with E-state index in [-0.39, 0.29) is 39.6 Å². The van der Waals surface area contributed by atoms with Gasteiger partial charge in [0.2, 0.25) is 0 Å². The lowest BCUT2D eigenvalue weighted by Gasteiger charge is -2.62. The van der Waals surface area contributed by atoms with Crippen molar-refractivity contribution in [2.24, 2.45) is 45.3 Å². The predicted octanol–water partition coefficient (Wildman–Crippen LogP) is 7.79. The molecule has 0 amide bonds. The first-order chi connectivity index (χ1) is 15.7. The fraction of sp³-hybridized carbons (Fsp3) is 0.839. The maximum absolute atomic E-state index is 12.5. The van der Waals surface area contributed by atoms with Gasteiger partial charge < -0.3 is 10.2 Å². The maximum atomic E-state index is 12.5. The predicted molar refractivity (Wildman–Crippen MR) is 139 cm³/mol. The van der Waals surface area contributed by atoms with Crippen LogP contribution >= 0.6 is 0 Å². The third-order valence-corrected chi connectivity index (χ3v) is 12.2. The standard InChI is InChI=1S/C31H50O3/c1-19(2)20(3)9-10-21(27(33)34)22-13-17-31(8)24-11-12-25-28(4,5)26(32)15-16-29(25,6)23(24)14-18-30(22,31)7/h19,21-22,25-26,32H,3,9-18H2,1-2,4-8H3,(H,33,34)/t21-,22-,25+,26+,29-,30+,31+/m0/s1. The molecule has 0 radical (unpaired) electrons. The van der Waals surface area contributed by atoms with Crippen molar-refractivity contribution >= 4 is 5.97 Å². The van der Waals surface area contributed by atoms with Crippen LogP contribution in [0.4, 0.5) is 0 Å². The lowest BCUT2D eigenvalue weighted by atomic mass is 9.43. The van der Waals surface area contributed by atoms with Gasteiger partial charge in [0.25, 0.3) is 0 Å². The van der Waals surface area contributed by atoms with Gasteiger partial charge in [-0.3, -0.25) is 4.79 Å². The van der Waals surface area contributed by atoms with Crippen LogP contribution in [0.3, 0.4) is 0 Å². The Morgan fingerprint density at radius 1 is 1.00 bits per heavy atom. The highest BCUT2D eigenvalue weighted by Gasteiger charge is 2.64. The van der Waals surface area contributed by atoms with Crippen molar-refractivity contribution in [2.75, 3.05) is 0 Å². The average molecular weight is 471 g/mol. The summed E-state index contributed by atoms with van der Waals surface area (Å²) in [5.74, 6) is 0.293. The first-order valence-electron chi connectivity index (χ1n) is 14.0. The summed E-state index contributed by atoms with van der Waals surface area (Å²) in [6.45, 7) is 20.5. The molecular formula is C31H50O3. The topological polar surface area (TPSA) is 57.5 Å². The summed E-state index contributed by atoms with van der Waals surface area (Å²) in [6, 6.07) is 0. The van der Waals surface area contributed by atoms with Crippen LogP contribution in [0.25, 0.3) is 0 Å². The Morgan fingerprint density at radius 3 is 2.29 bits per heavy atom. The third kappa shape index (κ3) is 3.58. The van der Waals surface area contributed by atoms with E-state index in [1.165, 1.54) is 5.57 Å². The number of hydrogen-bond donors (Lipinski definition) is 2. The van der Waals surface area contributed by atoms with Gasteiger partial charge in [0.05, 0.1) is 12.0 Å². The molecule has 4 aliphatic rings. The van der Waals surface area contributed by atoms with Gasteiger partial charge in [0.15, 0.2) is 0 Å². The number of aliphatic hydroxyl groups excluding tert-OH is 1. The molecule has 34 heavy (non-hydrogen) atoms. The Bertz CT molecular complexity index is 881. The molecule has 7 atom stereocenters. The van der Waals surface area contributed by atoms with Gasteiger partial charge in [-0.15, -0.1) is 0 Å². The molecule has 3 nitrogen and oxygen atoms in total. The molecule has 3 heteroatoms. The summed E-state index contributed by atoms with van der Waals surface area (Å²) in [5.41, 5.74) is 4.84. The van der Waals surface area contributed by atoms with Crippen LogP contribution in [0.2, 0.25) is 0 Å².